The van der Waals surface area contributed by atoms with Crippen LogP contribution in [0, 0.1) is 0 Å². The number of benzene rings is 1. The smallest absolute Gasteiger partial charge is 0.303 e. The number of hydrogen-bond donors (Lipinski definition) is 3. The van der Waals surface area contributed by atoms with Crippen molar-refractivity contribution in [1.29, 1.82) is 0 Å². The van der Waals surface area contributed by atoms with Crippen LogP contribution in [0.4, 0.5) is 0 Å². The van der Waals surface area contributed by atoms with Crippen LogP contribution in [0.2, 0.25) is 0 Å². The minimum Gasteiger partial charge on any atom is -0.481 e. The zero-order valence-electron chi connectivity index (χ0n) is 13.7. The van der Waals surface area contributed by atoms with E-state index in [9.17, 15) is 18.0 Å². The maximum atomic E-state index is 11.9. The first-order valence-electron chi connectivity index (χ1n) is 7.90. The highest BCUT2D eigenvalue weighted by Gasteiger charge is 2.08. The Hall–Kier alpha value is -1.93. The predicted molar refractivity (Wildman–Crippen MR) is 91.2 cm³/mol. The fraction of sp³-hybridized carbons (Fsp3) is 0.500. The lowest BCUT2D eigenvalue weighted by atomic mass is 10.1. The van der Waals surface area contributed by atoms with E-state index in [4.69, 9.17) is 5.11 Å². The van der Waals surface area contributed by atoms with Crippen molar-refractivity contribution in [1.82, 2.24) is 10.0 Å². The van der Waals surface area contributed by atoms with Gasteiger partial charge in [0.1, 0.15) is 0 Å². The van der Waals surface area contributed by atoms with Gasteiger partial charge in [0, 0.05) is 25.1 Å². The van der Waals surface area contributed by atoms with Crippen LogP contribution in [0.3, 0.4) is 0 Å². The lowest BCUT2D eigenvalue weighted by Gasteiger charge is -2.07. The highest BCUT2D eigenvalue weighted by molar-refractivity contribution is 7.89. The molecule has 1 aromatic rings. The Balaban J connectivity index is 2.34. The van der Waals surface area contributed by atoms with Crippen molar-refractivity contribution in [3.05, 3.63) is 35.4 Å². The van der Waals surface area contributed by atoms with Crippen LogP contribution in [-0.2, 0) is 21.4 Å². The molecule has 0 aromatic heterocycles. The van der Waals surface area contributed by atoms with Crippen molar-refractivity contribution in [3.8, 4) is 0 Å². The largest absolute Gasteiger partial charge is 0.481 e. The molecule has 0 atom stereocenters. The van der Waals surface area contributed by atoms with Gasteiger partial charge in [0.15, 0.2) is 0 Å². The number of carboxylic acid groups (broad SMARTS) is 1. The van der Waals surface area contributed by atoms with E-state index >= 15 is 0 Å². The quantitative estimate of drug-likeness (QED) is 0.520. The first-order valence-corrected chi connectivity index (χ1v) is 9.55. The third-order valence-corrected chi connectivity index (χ3v) is 4.79. The molecule has 0 radical (unpaired) electrons. The Morgan fingerprint density at radius 1 is 1.08 bits per heavy atom. The van der Waals surface area contributed by atoms with Crippen LogP contribution in [-0.4, -0.2) is 37.7 Å². The summed E-state index contributed by atoms with van der Waals surface area (Å²) in [5.41, 5.74) is 1.28. The number of hydrogen-bond acceptors (Lipinski definition) is 4. The number of carbonyl (C=O) groups is 2. The van der Waals surface area contributed by atoms with E-state index in [1.54, 1.807) is 31.2 Å². The molecule has 134 valence electrons. The van der Waals surface area contributed by atoms with Gasteiger partial charge in [-0.3, -0.25) is 9.59 Å². The van der Waals surface area contributed by atoms with Gasteiger partial charge in [-0.25, -0.2) is 13.1 Å². The Kier molecular flexibility index (Phi) is 8.42. The van der Waals surface area contributed by atoms with E-state index in [-0.39, 0.29) is 24.6 Å². The average molecular weight is 356 g/mol. The molecule has 24 heavy (non-hydrogen) atoms. The SMILES string of the molecule is CCS(=O)(=O)NCc1ccc(C(=O)NCCCCCC(=O)O)cc1. The summed E-state index contributed by atoms with van der Waals surface area (Å²) in [6.07, 6.45) is 2.24. The predicted octanol–water partition coefficient (Wildman–Crippen LogP) is 1.50. The molecule has 0 heterocycles. The maximum Gasteiger partial charge on any atom is 0.303 e. The van der Waals surface area contributed by atoms with E-state index in [1.165, 1.54) is 0 Å². The lowest BCUT2D eigenvalue weighted by Crippen LogP contribution is -2.25. The van der Waals surface area contributed by atoms with Crippen LogP contribution >= 0.6 is 0 Å². The van der Waals surface area contributed by atoms with Gasteiger partial charge in [-0.1, -0.05) is 18.6 Å². The average Bonchev–Trinajstić information content (AvgIpc) is 2.56. The summed E-state index contributed by atoms with van der Waals surface area (Å²) in [4.78, 5) is 22.3. The van der Waals surface area contributed by atoms with Gasteiger partial charge < -0.3 is 10.4 Å². The fourth-order valence-electron chi connectivity index (χ4n) is 1.95. The molecule has 0 saturated heterocycles. The van der Waals surface area contributed by atoms with Crippen LogP contribution in [0.15, 0.2) is 24.3 Å². The molecule has 0 aliphatic rings. The first-order chi connectivity index (χ1) is 11.3. The Morgan fingerprint density at radius 3 is 2.33 bits per heavy atom. The van der Waals surface area contributed by atoms with Crippen molar-refractivity contribution in [3.63, 3.8) is 0 Å². The fourth-order valence-corrected chi connectivity index (χ4v) is 2.54. The van der Waals surface area contributed by atoms with Gasteiger partial charge in [0.25, 0.3) is 5.91 Å². The molecule has 1 aromatic carbocycles. The van der Waals surface area contributed by atoms with Crippen molar-refractivity contribution >= 4 is 21.9 Å². The monoisotopic (exact) mass is 356 g/mol. The van der Waals surface area contributed by atoms with Gasteiger partial charge >= 0.3 is 5.97 Å². The molecule has 0 bridgehead atoms. The summed E-state index contributed by atoms with van der Waals surface area (Å²) in [6, 6.07) is 6.71. The Labute approximate surface area is 142 Å². The van der Waals surface area contributed by atoms with E-state index in [0.29, 0.717) is 18.5 Å². The molecule has 3 N–H and O–H groups in total. The van der Waals surface area contributed by atoms with E-state index < -0.39 is 16.0 Å². The summed E-state index contributed by atoms with van der Waals surface area (Å²) in [5, 5.41) is 11.3. The van der Waals surface area contributed by atoms with E-state index in [0.717, 1.165) is 18.4 Å². The third-order valence-electron chi connectivity index (χ3n) is 3.45. The Morgan fingerprint density at radius 2 is 1.75 bits per heavy atom. The third kappa shape index (κ3) is 8.07. The molecule has 0 aliphatic carbocycles. The minimum absolute atomic E-state index is 0.0277. The van der Waals surface area contributed by atoms with Crippen LogP contribution in [0.1, 0.15) is 48.5 Å². The maximum absolute atomic E-state index is 11.9. The molecule has 0 spiro atoms. The van der Waals surface area contributed by atoms with Gasteiger partial charge in [-0.05, 0) is 37.5 Å². The highest BCUT2D eigenvalue weighted by Crippen LogP contribution is 2.05. The van der Waals surface area contributed by atoms with Crippen molar-refractivity contribution < 1.29 is 23.1 Å². The second kappa shape index (κ2) is 10.0. The van der Waals surface area contributed by atoms with Gasteiger partial charge in [-0.2, -0.15) is 0 Å². The van der Waals surface area contributed by atoms with Crippen molar-refractivity contribution in [2.45, 2.75) is 39.2 Å². The molecule has 0 fully saturated rings. The number of carboxylic acids is 1. The number of sulfonamides is 1. The summed E-state index contributed by atoms with van der Waals surface area (Å²) >= 11 is 0. The highest BCUT2D eigenvalue weighted by atomic mass is 32.2. The van der Waals surface area contributed by atoms with Crippen molar-refractivity contribution in [2.75, 3.05) is 12.3 Å². The van der Waals surface area contributed by atoms with Crippen LogP contribution < -0.4 is 10.0 Å². The van der Waals surface area contributed by atoms with Gasteiger partial charge in [0.05, 0.1) is 5.75 Å². The molecule has 0 unspecified atom stereocenters. The molecule has 1 rings (SSSR count). The van der Waals surface area contributed by atoms with E-state index in [1.807, 2.05) is 0 Å². The zero-order chi connectivity index (χ0) is 18.0. The normalized spacial score (nSPS) is 11.2. The number of carbonyl (C=O) groups excluding carboxylic acids is 1. The molecule has 8 heteroatoms. The van der Waals surface area contributed by atoms with Crippen molar-refractivity contribution in [2.24, 2.45) is 0 Å². The van der Waals surface area contributed by atoms with Crippen LogP contribution in [0.25, 0.3) is 0 Å². The topological polar surface area (TPSA) is 113 Å². The number of nitrogens with one attached hydrogen (secondary N) is 2. The number of amides is 1. The second-order valence-corrected chi connectivity index (χ2v) is 7.48. The lowest BCUT2D eigenvalue weighted by molar-refractivity contribution is -0.137. The molecule has 0 saturated carbocycles. The number of aliphatic carboxylic acids is 1. The first kappa shape index (κ1) is 20.1. The molecule has 7 nitrogen and oxygen atoms in total. The molecular weight excluding hydrogens is 332 g/mol. The van der Waals surface area contributed by atoms with Gasteiger partial charge in [0.2, 0.25) is 10.0 Å². The van der Waals surface area contributed by atoms with Gasteiger partial charge in [-0.15, -0.1) is 0 Å². The Bertz CT molecular complexity index is 641. The molecular formula is C16H24N2O5S. The summed E-state index contributed by atoms with van der Waals surface area (Å²) in [6.45, 7) is 2.26. The standard InChI is InChI=1S/C16H24N2O5S/c1-2-24(22,23)18-12-13-7-9-14(10-8-13)16(21)17-11-5-3-4-6-15(19)20/h7-10,18H,2-6,11-12H2,1H3,(H,17,21)(H,19,20). The minimum atomic E-state index is -3.24. The van der Waals surface area contributed by atoms with E-state index in [2.05, 4.69) is 10.0 Å². The second-order valence-electron chi connectivity index (χ2n) is 5.38. The summed E-state index contributed by atoms with van der Waals surface area (Å²) < 4.78 is 25.2. The number of unbranched alkanes of at least 4 members (excludes halogenated alkanes) is 2. The zero-order valence-corrected chi connectivity index (χ0v) is 14.6. The van der Waals surface area contributed by atoms with Crippen LogP contribution in [0.5, 0.6) is 0 Å². The summed E-state index contributed by atoms with van der Waals surface area (Å²) in [5.74, 6) is -0.978. The molecule has 1 amide bonds. The number of rotatable bonds is 11. The molecule has 0 aliphatic heterocycles. The summed E-state index contributed by atoms with van der Waals surface area (Å²) in [7, 11) is -3.24.